The second kappa shape index (κ2) is 4.22. The number of carbonyl (C=O) groups is 1. The maximum atomic E-state index is 10.6. The Balaban J connectivity index is 2.94. The van der Waals surface area contributed by atoms with Crippen molar-refractivity contribution < 1.29 is 4.79 Å². The summed E-state index contributed by atoms with van der Waals surface area (Å²) in [5, 5.41) is 0. The molecule has 0 aliphatic rings. The first-order valence-corrected chi connectivity index (χ1v) is 4.70. The lowest BCUT2D eigenvalue weighted by Gasteiger charge is -2.15. The van der Waals surface area contributed by atoms with E-state index in [2.05, 4.69) is 26.8 Å². The Morgan fingerprint density at radius 2 is 1.92 bits per heavy atom. The van der Waals surface area contributed by atoms with Crippen LogP contribution in [0.2, 0.25) is 0 Å². The Morgan fingerprint density at radius 3 is 2.46 bits per heavy atom. The molecule has 1 aromatic rings. The summed E-state index contributed by atoms with van der Waals surface area (Å²) in [5.41, 5.74) is 2.02. The molecule has 0 fully saturated rings. The van der Waals surface area contributed by atoms with Crippen LogP contribution in [0.25, 0.3) is 0 Å². The Kier molecular flexibility index (Phi) is 3.24. The fourth-order valence-electron chi connectivity index (χ4n) is 1.30. The first-order chi connectivity index (χ1) is 6.15. The van der Waals surface area contributed by atoms with Gasteiger partial charge in [-0.3, -0.25) is 4.79 Å². The monoisotopic (exact) mass is 176 g/mol. The lowest BCUT2D eigenvalue weighted by Crippen LogP contribution is -2.02. The first-order valence-electron chi connectivity index (χ1n) is 4.70. The highest BCUT2D eigenvalue weighted by molar-refractivity contribution is 5.75. The van der Waals surface area contributed by atoms with E-state index in [1.165, 1.54) is 5.56 Å². The van der Waals surface area contributed by atoms with Crippen LogP contribution in [0.4, 0.5) is 0 Å². The van der Waals surface area contributed by atoms with Crippen LogP contribution < -0.4 is 0 Å². The van der Waals surface area contributed by atoms with Gasteiger partial charge in [-0.15, -0.1) is 0 Å². The number of hydrogen-bond acceptors (Lipinski definition) is 1. The van der Waals surface area contributed by atoms with Crippen LogP contribution in [0.1, 0.15) is 42.6 Å². The van der Waals surface area contributed by atoms with E-state index in [0.717, 1.165) is 11.8 Å². The average Bonchev–Trinajstić information content (AvgIpc) is 2.16. The van der Waals surface area contributed by atoms with Crippen molar-refractivity contribution in [2.45, 2.75) is 26.7 Å². The van der Waals surface area contributed by atoms with Crippen molar-refractivity contribution in [3.05, 3.63) is 35.4 Å². The maximum Gasteiger partial charge on any atom is 0.150 e. The molecule has 0 heterocycles. The van der Waals surface area contributed by atoms with E-state index in [9.17, 15) is 4.79 Å². The summed E-state index contributed by atoms with van der Waals surface area (Å²) >= 11 is 0. The van der Waals surface area contributed by atoms with Crippen LogP contribution >= 0.6 is 0 Å². The molecule has 70 valence electrons. The van der Waals surface area contributed by atoms with Gasteiger partial charge in [0, 0.05) is 5.56 Å². The first kappa shape index (κ1) is 9.97. The van der Waals surface area contributed by atoms with E-state index in [1.54, 1.807) is 0 Å². The van der Waals surface area contributed by atoms with Crippen LogP contribution in [0.15, 0.2) is 24.3 Å². The fourth-order valence-corrected chi connectivity index (χ4v) is 1.30. The van der Waals surface area contributed by atoms with Gasteiger partial charge in [-0.2, -0.15) is 0 Å². The van der Waals surface area contributed by atoms with Gasteiger partial charge in [0.25, 0.3) is 0 Å². The van der Waals surface area contributed by atoms with Crippen molar-refractivity contribution in [2.75, 3.05) is 0 Å². The minimum atomic E-state index is 0.514. The predicted molar refractivity (Wildman–Crippen MR) is 55.1 cm³/mol. The van der Waals surface area contributed by atoms with Crippen LogP contribution in [0, 0.1) is 5.92 Å². The molecule has 0 aliphatic heterocycles. The molecule has 1 aromatic carbocycles. The predicted octanol–water partition coefficient (Wildman–Crippen LogP) is 3.26. The van der Waals surface area contributed by atoms with E-state index in [0.29, 0.717) is 11.8 Å². The molecule has 0 bridgehead atoms. The van der Waals surface area contributed by atoms with E-state index >= 15 is 0 Å². The molecule has 0 aliphatic carbocycles. The number of carbonyl (C=O) groups excluding carboxylic acids is 1. The van der Waals surface area contributed by atoms with Gasteiger partial charge in [0.05, 0.1) is 0 Å². The highest BCUT2D eigenvalue weighted by Crippen LogP contribution is 2.23. The average molecular weight is 176 g/mol. The summed E-state index contributed by atoms with van der Waals surface area (Å²) in [6.07, 6.45) is 0.899. The van der Waals surface area contributed by atoms with Gasteiger partial charge in [-0.1, -0.05) is 39.0 Å². The third-order valence-electron chi connectivity index (χ3n) is 2.57. The van der Waals surface area contributed by atoms with Gasteiger partial charge in [-0.25, -0.2) is 0 Å². The minimum absolute atomic E-state index is 0.514. The zero-order valence-corrected chi connectivity index (χ0v) is 8.45. The second-order valence-electron chi connectivity index (χ2n) is 3.82. The molecule has 0 spiro atoms. The van der Waals surface area contributed by atoms with Crippen LogP contribution in [0.5, 0.6) is 0 Å². The van der Waals surface area contributed by atoms with Crippen LogP contribution in [-0.4, -0.2) is 6.29 Å². The number of hydrogen-bond donors (Lipinski definition) is 0. The largest absolute Gasteiger partial charge is 0.298 e. The standard InChI is InChI=1S/C12H16O/c1-9(2)10(3)12-6-4-5-11(7-12)8-13/h4-10H,1-3H3. The molecule has 0 radical (unpaired) electrons. The smallest absolute Gasteiger partial charge is 0.150 e. The van der Waals surface area contributed by atoms with E-state index in [-0.39, 0.29) is 0 Å². The van der Waals surface area contributed by atoms with Crippen molar-refractivity contribution in [2.24, 2.45) is 5.92 Å². The Hall–Kier alpha value is -1.11. The summed E-state index contributed by atoms with van der Waals surface area (Å²) < 4.78 is 0. The number of rotatable bonds is 3. The zero-order chi connectivity index (χ0) is 9.84. The molecular formula is C12H16O. The van der Waals surface area contributed by atoms with Crippen molar-refractivity contribution in [3.8, 4) is 0 Å². The third-order valence-corrected chi connectivity index (χ3v) is 2.57. The van der Waals surface area contributed by atoms with Gasteiger partial charge < -0.3 is 0 Å². The molecule has 1 unspecified atom stereocenters. The Labute approximate surface area is 79.8 Å². The van der Waals surface area contributed by atoms with Gasteiger partial charge >= 0.3 is 0 Å². The lowest BCUT2D eigenvalue weighted by molar-refractivity contribution is 0.112. The normalized spacial score (nSPS) is 12.9. The molecule has 13 heavy (non-hydrogen) atoms. The zero-order valence-electron chi connectivity index (χ0n) is 8.45. The molecule has 1 heteroatoms. The highest BCUT2D eigenvalue weighted by Gasteiger charge is 2.09. The molecule has 0 N–H and O–H groups in total. The van der Waals surface area contributed by atoms with Crippen molar-refractivity contribution in [3.63, 3.8) is 0 Å². The van der Waals surface area contributed by atoms with Crippen molar-refractivity contribution >= 4 is 6.29 Å². The lowest BCUT2D eigenvalue weighted by atomic mass is 9.90. The van der Waals surface area contributed by atoms with Crippen LogP contribution in [-0.2, 0) is 0 Å². The van der Waals surface area contributed by atoms with Gasteiger partial charge in [0.2, 0.25) is 0 Å². The molecule has 1 atom stereocenters. The maximum absolute atomic E-state index is 10.6. The van der Waals surface area contributed by atoms with E-state index in [1.807, 2.05) is 18.2 Å². The van der Waals surface area contributed by atoms with Crippen molar-refractivity contribution in [1.82, 2.24) is 0 Å². The summed E-state index contributed by atoms with van der Waals surface area (Å²) in [6.45, 7) is 6.57. The van der Waals surface area contributed by atoms with Crippen molar-refractivity contribution in [1.29, 1.82) is 0 Å². The quantitative estimate of drug-likeness (QED) is 0.646. The van der Waals surface area contributed by atoms with Gasteiger partial charge in [0.15, 0.2) is 0 Å². The topological polar surface area (TPSA) is 17.1 Å². The molecule has 0 aromatic heterocycles. The van der Waals surface area contributed by atoms with Crippen LogP contribution in [0.3, 0.4) is 0 Å². The summed E-state index contributed by atoms with van der Waals surface area (Å²) in [6, 6.07) is 7.83. The van der Waals surface area contributed by atoms with E-state index in [4.69, 9.17) is 0 Å². The molecule has 0 amide bonds. The number of benzene rings is 1. The van der Waals surface area contributed by atoms with Gasteiger partial charge in [0.1, 0.15) is 6.29 Å². The molecule has 1 nitrogen and oxygen atoms in total. The fraction of sp³-hybridized carbons (Fsp3) is 0.417. The SMILES string of the molecule is CC(C)C(C)c1cccc(C=O)c1. The summed E-state index contributed by atoms with van der Waals surface area (Å²) in [7, 11) is 0. The summed E-state index contributed by atoms with van der Waals surface area (Å²) in [5.74, 6) is 1.13. The summed E-state index contributed by atoms with van der Waals surface area (Å²) in [4.78, 5) is 10.6. The minimum Gasteiger partial charge on any atom is -0.298 e. The molecular weight excluding hydrogens is 160 g/mol. The van der Waals surface area contributed by atoms with Gasteiger partial charge in [-0.05, 0) is 23.5 Å². The molecule has 0 saturated heterocycles. The Morgan fingerprint density at radius 1 is 1.23 bits per heavy atom. The second-order valence-corrected chi connectivity index (χ2v) is 3.82. The molecule has 1 rings (SSSR count). The third kappa shape index (κ3) is 2.41. The molecule has 0 saturated carbocycles. The highest BCUT2D eigenvalue weighted by atomic mass is 16.1. The number of aldehydes is 1. The van der Waals surface area contributed by atoms with E-state index < -0.39 is 0 Å². The Bertz CT molecular complexity index is 289.